The quantitative estimate of drug-likeness (QED) is 0.875. The molecule has 1 atom stereocenters. The minimum absolute atomic E-state index is 0.257. The van der Waals surface area contributed by atoms with Crippen LogP contribution in [0, 0.1) is 5.41 Å². The van der Waals surface area contributed by atoms with Gasteiger partial charge in [-0.3, -0.25) is 0 Å². The lowest BCUT2D eigenvalue weighted by Gasteiger charge is -2.42. The Morgan fingerprint density at radius 1 is 1.25 bits per heavy atom. The largest absolute Gasteiger partial charge is 0.310 e. The van der Waals surface area contributed by atoms with Crippen LogP contribution < -0.4 is 5.32 Å². The van der Waals surface area contributed by atoms with Gasteiger partial charge in [0.15, 0.2) is 9.84 Å². The molecule has 0 amide bonds. The van der Waals surface area contributed by atoms with E-state index in [0.717, 1.165) is 12.1 Å². The highest BCUT2D eigenvalue weighted by Gasteiger charge is 2.34. The highest BCUT2D eigenvalue weighted by atomic mass is 32.2. The summed E-state index contributed by atoms with van der Waals surface area (Å²) in [6.45, 7) is 5.46. The molecule has 112 valence electrons. The van der Waals surface area contributed by atoms with Gasteiger partial charge in [-0.15, -0.1) is 0 Å². The Labute approximate surface area is 122 Å². The molecule has 1 aliphatic rings. The van der Waals surface area contributed by atoms with Gasteiger partial charge >= 0.3 is 0 Å². The topological polar surface area (TPSA) is 46.2 Å². The van der Waals surface area contributed by atoms with Crippen LogP contribution in [0.1, 0.15) is 51.1 Å². The Kier molecular flexibility index (Phi) is 4.55. The maximum Gasteiger partial charge on any atom is 0.175 e. The van der Waals surface area contributed by atoms with E-state index >= 15 is 0 Å². The Balaban J connectivity index is 1.97. The van der Waals surface area contributed by atoms with E-state index in [0.29, 0.717) is 10.3 Å². The summed E-state index contributed by atoms with van der Waals surface area (Å²) in [5.74, 6) is 0. The Hall–Kier alpha value is -0.870. The van der Waals surface area contributed by atoms with Gasteiger partial charge in [0.2, 0.25) is 0 Å². The summed E-state index contributed by atoms with van der Waals surface area (Å²) < 4.78 is 22.9. The van der Waals surface area contributed by atoms with Crippen molar-refractivity contribution in [2.24, 2.45) is 5.41 Å². The number of nitrogens with one attached hydrogen (secondary N) is 1. The van der Waals surface area contributed by atoms with Crippen LogP contribution in [-0.2, 0) is 9.84 Å². The lowest BCUT2D eigenvalue weighted by atomic mass is 9.67. The van der Waals surface area contributed by atoms with Crippen LogP contribution in [0.2, 0.25) is 0 Å². The molecule has 1 N–H and O–H groups in total. The maximum atomic E-state index is 11.4. The molecule has 0 heterocycles. The van der Waals surface area contributed by atoms with Gasteiger partial charge in [-0.25, -0.2) is 8.42 Å². The monoisotopic (exact) mass is 295 g/mol. The molecule has 0 aliphatic heterocycles. The molecule has 4 heteroatoms. The standard InChI is InChI=1S/C16H25NO2S/c1-4-16(10-5-11-16)12-17-13(2)14-6-8-15(9-7-14)20(3,18)19/h6-9,13,17H,4-5,10-12H2,1-3H3. The van der Waals surface area contributed by atoms with Crippen molar-refractivity contribution in [2.75, 3.05) is 12.8 Å². The first-order valence-electron chi connectivity index (χ1n) is 7.40. The molecule has 1 fully saturated rings. The van der Waals surface area contributed by atoms with Crippen molar-refractivity contribution in [2.45, 2.75) is 50.5 Å². The zero-order valence-corrected chi connectivity index (χ0v) is 13.5. The number of sulfone groups is 1. The molecule has 1 aliphatic carbocycles. The lowest BCUT2D eigenvalue weighted by Crippen LogP contribution is -2.40. The predicted molar refractivity (Wildman–Crippen MR) is 82.5 cm³/mol. The van der Waals surface area contributed by atoms with Crippen molar-refractivity contribution in [1.29, 1.82) is 0 Å². The molecular formula is C16H25NO2S. The fourth-order valence-electron chi connectivity index (χ4n) is 2.82. The molecule has 0 saturated heterocycles. The minimum atomic E-state index is -3.10. The molecule has 1 aromatic rings. The molecule has 0 spiro atoms. The molecule has 20 heavy (non-hydrogen) atoms. The van der Waals surface area contributed by atoms with E-state index in [1.54, 1.807) is 12.1 Å². The third kappa shape index (κ3) is 3.41. The third-order valence-electron chi connectivity index (χ3n) is 4.76. The van der Waals surface area contributed by atoms with E-state index in [-0.39, 0.29) is 6.04 Å². The molecule has 3 nitrogen and oxygen atoms in total. The van der Waals surface area contributed by atoms with Crippen molar-refractivity contribution < 1.29 is 8.42 Å². The fraction of sp³-hybridized carbons (Fsp3) is 0.625. The van der Waals surface area contributed by atoms with Gasteiger partial charge in [-0.2, -0.15) is 0 Å². The first-order chi connectivity index (χ1) is 9.36. The Morgan fingerprint density at radius 3 is 2.25 bits per heavy atom. The summed E-state index contributed by atoms with van der Waals surface area (Å²) in [5, 5.41) is 3.60. The zero-order valence-electron chi connectivity index (χ0n) is 12.6. The molecule has 0 aromatic heterocycles. The number of hydrogen-bond acceptors (Lipinski definition) is 3. The molecular weight excluding hydrogens is 270 g/mol. The van der Waals surface area contributed by atoms with Crippen LogP contribution in [0.5, 0.6) is 0 Å². The van der Waals surface area contributed by atoms with E-state index in [9.17, 15) is 8.42 Å². The van der Waals surface area contributed by atoms with Crippen molar-refractivity contribution in [3.05, 3.63) is 29.8 Å². The number of benzene rings is 1. The first-order valence-corrected chi connectivity index (χ1v) is 9.29. The van der Waals surface area contributed by atoms with Gasteiger partial charge in [-0.1, -0.05) is 25.5 Å². The van der Waals surface area contributed by atoms with Crippen molar-refractivity contribution in [1.82, 2.24) is 5.32 Å². The average Bonchev–Trinajstić information content (AvgIpc) is 2.37. The highest BCUT2D eigenvalue weighted by Crippen LogP contribution is 2.43. The van der Waals surface area contributed by atoms with E-state index in [1.807, 2.05) is 12.1 Å². The molecule has 1 saturated carbocycles. The minimum Gasteiger partial charge on any atom is -0.310 e. The fourth-order valence-corrected chi connectivity index (χ4v) is 3.45. The van der Waals surface area contributed by atoms with Gasteiger partial charge in [0.1, 0.15) is 0 Å². The average molecular weight is 295 g/mol. The predicted octanol–water partition coefficient (Wildman–Crippen LogP) is 3.32. The van der Waals surface area contributed by atoms with Crippen LogP contribution >= 0.6 is 0 Å². The summed E-state index contributed by atoms with van der Waals surface area (Å²) >= 11 is 0. The van der Waals surface area contributed by atoms with Crippen molar-refractivity contribution in [3.63, 3.8) is 0 Å². The summed E-state index contributed by atoms with van der Waals surface area (Å²) in [5.41, 5.74) is 1.64. The summed E-state index contributed by atoms with van der Waals surface area (Å²) in [7, 11) is -3.10. The Morgan fingerprint density at radius 2 is 1.85 bits per heavy atom. The molecule has 1 unspecified atom stereocenters. The van der Waals surface area contributed by atoms with Crippen molar-refractivity contribution in [3.8, 4) is 0 Å². The van der Waals surface area contributed by atoms with Gasteiger partial charge in [-0.05, 0) is 49.3 Å². The Bertz CT molecular complexity index is 539. The maximum absolute atomic E-state index is 11.4. The van der Waals surface area contributed by atoms with E-state index in [2.05, 4.69) is 19.2 Å². The number of rotatable bonds is 6. The third-order valence-corrected chi connectivity index (χ3v) is 5.88. The SMILES string of the molecule is CCC1(CNC(C)c2ccc(S(C)(=O)=O)cc2)CCC1. The lowest BCUT2D eigenvalue weighted by molar-refractivity contribution is 0.120. The molecule has 1 aromatic carbocycles. The number of hydrogen-bond donors (Lipinski definition) is 1. The second kappa shape index (κ2) is 5.86. The van der Waals surface area contributed by atoms with E-state index < -0.39 is 9.84 Å². The van der Waals surface area contributed by atoms with Gasteiger partial charge in [0.25, 0.3) is 0 Å². The second-order valence-corrected chi connectivity index (χ2v) is 8.17. The van der Waals surface area contributed by atoms with Crippen molar-refractivity contribution >= 4 is 9.84 Å². The summed E-state index contributed by atoms with van der Waals surface area (Å²) in [6.07, 6.45) is 6.49. The second-order valence-electron chi connectivity index (χ2n) is 6.15. The van der Waals surface area contributed by atoms with Gasteiger partial charge in [0, 0.05) is 18.8 Å². The van der Waals surface area contributed by atoms with E-state index in [1.165, 1.54) is 31.9 Å². The smallest absolute Gasteiger partial charge is 0.175 e. The van der Waals surface area contributed by atoms with E-state index in [4.69, 9.17) is 0 Å². The summed E-state index contributed by atoms with van der Waals surface area (Å²) in [4.78, 5) is 0.387. The van der Waals surface area contributed by atoms with Crippen LogP contribution in [0.15, 0.2) is 29.2 Å². The highest BCUT2D eigenvalue weighted by molar-refractivity contribution is 7.90. The normalized spacial score (nSPS) is 19.4. The molecule has 0 radical (unpaired) electrons. The zero-order chi connectivity index (χ0) is 14.8. The van der Waals surface area contributed by atoms with Crippen LogP contribution in [0.4, 0.5) is 0 Å². The molecule has 2 rings (SSSR count). The van der Waals surface area contributed by atoms with Crippen LogP contribution in [0.25, 0.3) is 0 Å². The van der Waals surface area contributed by atoms with Gasteiger partial charge < -0.3 is 5.32 Å². The first kappa shape index (κ1) is 15.5. The molecule has 0 bridgehead atoms. The summed E-state index contributed by atoms with van der Waals surface area (Å²) in [6, 6.07) is 7.47. The van der Waals surface area contributed by atoms with Crippen LogP contribution in [-0.4, -0.2) is 21.2 Å². The van der Waals surface area contributed by atoms with Crippen LogP contribution in [0.3, 0.4) is 0 Å². The van der Waals surface area contributed by atoms with Gasteiger partial charge in [0.05, 0.1) is 4.90 Å².